The number of imide groups is 1. The van der Waals surface area contributed by atoms with E-state index in [1.165, 1.54) is 25.5 Å². The number of ether oxygens (including phenoxy) is 2. The molecule has 0 aliphatic heterocycles. The molecule has 0 aliphatic rings. The van der Waals surface area contributed by atoms with Crippen LogP contribution >= 0.6 is 0 Å². The Labute approximate surface area is 137 Å². The van der Waals surface area contributed by atoms with Gasteiger partial charge in [0, 0.05) is 0 Å². The molecule has 8 nitrogen and oxygen atoms in total. The van der Waals surface area contributed by atoms with Crippen molar-refractivity contribution in [1.82, 2.24) is 10.6 Å². The average Bonchev–Trinajstić information content (AvgIpc) is 3.11. The van der Waals surface area contributed by atoms with E-state index in [-0.39, 0.29) is 17.9 Å². The number of rotatable bonds is 7. The predicted molar refractivity (Wildman–Crippen MR) is 83.0 cm³/mol. The molecule has 2 aromatic rings. The summed E-state index contributed by atoms with van der Waals surface area (Å²) >= 11 is 0. The number of hydrogen-bond donors (Lipinski definition) is 2. The van der Waals surface area contributed by atoms with Gasteiger partial charge in [-0.15, -0.1) is 0 Å². The first-order valence-corrected chi connectivity index (χ1v) is 6.98. The van der Waals surface area contributed by atoms with Crippen LogP contribution < -0.4 is 20.1 Å². The standard InChI is InChI=1S/C16H16N2O6/c1-22-12-4-5-14(11(7-12)9-19)24-10-15(20)18-16(21)17-8-13-3-2-6-23-13/h2-7,9H,8,10H2,1H3,(H2,17,18,20,21). The maximum atomic E-state index is 11.7. The number of carbonyl (C=O) groups excluding carboxylic acids is 3. The van der Waals surface area contributed by atoms with Crippen molar-refractivity contribution in [2.24, 2.45) is 0 Å². The summed E-state index contributed by atoms with van der Waals surface area (Å²) in [6, 6.07) is 7.29. The van der Waals surface area contributed by atoms with Crippen LogP contribution in [-0.2, 0) is 11.3 Å². The zero-order valence-electron chi connectivity index (χ0n) is 12.9. The molecule has 0 radical (unpaired) electrons. The number of benzene rings is 1. The summed E-state index contributed by atoms with van der Waals surface area (Å²) in [5.41, 5.74) is 0.240. The zero-order valence-corrected chi connectivity index (χ0v) is 12.9. The number of amides is 3. The van der Waals surface area contributed by atoms with Crippen LogP contribution in [0.15, 0.2) is 41.0 Å². The second-order valence-electron chi connectivity index (χ2n) is 4.62. The monoisotopic (exact) mass is 332 g/mol. The summed E-state index contributed by atoms with van der Waals surface area (Å²) in [6.45, 7) is -0.262. The van der Waals surface area contributed by atoms with Crippen LogP contribution in [0, 0.1) is 0 Å². The van der Waals surface area contributed by atoms with Gasteiger partial charge in [0.2, 0.25) is 0 Å². The van der Waals surface area contributed by atoms with Crippen LogP contribution in [0.3, 0.4) is 0 Å². The molecule has 1 aromatic heterocycles. The summed E-state index contributed by atoms with van der Waals surface area (Å²) < 4.78 is 15.3. The Kier molecular flexibility index (Phi) is 5.95. The summed E-state index contributed by atoms with van der Waals surface area (Å²) in [5, 5.41) is 4.56. The van der Waals surface area contributed by atoms with Crippen molar-refractivity contribution in [2.45, 2.75) is 6.54 Å². The lowest BCUT2D eigenvalue weighted by Gasteiger charge is -2.10. The van der Waals surface area contributed by atoms with Crippen LogP contribution in [-0.4, -0.2) is 31.9 Å². The third kappa shape index (κ3) is 4.87. The maximum absolute atomic E-state index is 11.7. The summed E-state index contributed by atoms with van der Waals surface area (Å²) in [6.07, 6.45) is 2.07. The van der Waals surface area contributed by atoms with Gasteiger partial charge in [0.25, 0.3) is 5.91 Å². The van der Waals surface area contributed by atoms with Gasteiger partial charge in [0.15, 0.2) is 12.9 Å². The second-order valence-corrected chi connectivity index (χ2v) is 4.62. The SMILES string of the molecule is COc1ccc(OCC(=O)NC(=O)NCc2ccco2)c(C=O)c1. The molecular formula is C16H16N2O6. The summed E-state index contributed by atoms with van der Waals surface area (Å²) in [4.78, 5) is 34.2. The van der Waals surface area contributed by atoms with E-state index in [1.54, 1.807) is 18.2 Å². The Morgan fingerprint density at radius 1 is 1.29 bits per heavy atom. The van der Waals surface area contributed by atoms with Crippen molar-refractivity contribution < 1.29 is 28.3 Å². The summed E-state index contributed by atoms with van der Waals surface area (Å²) in [7, 11) is 1.47. The third-order valence-electron chi connectivity index (χ3n) is 2.96. The van der Waals surface area contributed by atoms with Crippen LogP contribution in [0.25, 0.3) is 0 Å². The molecule has 24 heavy (non-hydrogen) atoms. The second kappa shape index (κ2) is 8.37. The lowest BCUT2D eigenvalue weighted by Crippen LogP contribution is -2.41. The topological polar surface area (TPSA) is 107 Å². The van der Waals surface area contributed by atoms with Gasteiger partial charge in [0.05, 0.1) is 25.5 Å². The van der Waals surface area contributed by atoms with Crippen molar-refractivity contribution in [1.29, 1.82) is 0 Å². The fourth-order valence-electron chi connectivity index (χ4n) is 1.81. The lowest BCUT2D eigenvalue weighted by atomic mass is 10.2. The molecule has 3 amide bonds. The molecule has 0 fully saturated rings. The molecule has 1 heterocycles. The van der Waals surface area contributed by atoms with Crippen LogP contribution in [0.1, 0.15) is 16.1 Å². The number of furan rings is 1. The fourth-order valence-corrected chi connectivity index (χ4v) is 1.81. The van der Waals surface area contributed by atoms with Gasteiger partial charge >= 0.3 is 6.03 Å². The molecule has 0 atom stereocenters. The van der Waals surface area contributed by atoms with E-state index in [4.69, 9.17) is 13.9 Å². The predicted octanol–water partition coefficient (Wildman–Crippen LogP) is 1.51. The van der Waals surface area contributed by atoms with Crippen molar-refractivity contribution in [3.8, 4) is 11.5 Å². The van der Waals surface area contributed by atoms with Gasteiger partial charge in [-0.05, 0) is 30.3 Å². The minimum Gasteiger partial charge on any atom is -0.497 e. The maximum Gasteiger partial charge on any atom is 0.321 e. The molecule has 8 heteroatoms. The Morgan fingerprint density at radius 3 is 2.79 bits per heavy atom. The van der Waals surface area contributed by atoms with Crippen LogP contribution in [0.2, 0.25) is 0 Å². The minimum atomic E-state index is -0.676. The van der Waals surface area contributed by atoms with E-state index >= 15 is 0 Å². The molecule has 1 aromatic carbocycles. The van der Waals surface area contributed by atoms with E-state index in [1.807, 2.05) is 0 Å². The van der Waals surface area contributed by atoms with Gasteiger partial charge in [-0.25, -0.2) is 4.79 Å². The van der Waals surface area contributed by atoms with Crippen molar-refractivity contribution in [3.05, 3.63) is 47.9 Å². The highest BCUT2D eigenvalue weighted by Gasteiger charge is 2.11. The normalized spacial score (nSPS) is 9.88. The van der Waals surface area contributed by atoms with Crippen molar-refractivity contribution in [2.75, 3.05) is 13.7 Å². The molecule has 0 unspecified atom stereocenters. The Hall–Kier alpha value is -3.29. The average molecular weight is 332 g/mol. The number of methoxy groups -OCH3 is 1. The van der Waals surface area contributed by atoms with Crippen molar-refractivity contribution in [3.63, 3.8) is 0 Å². The highest BCUT2D eigenvalue weighted by atomic mass is 16.5. The number of aldehydes is 1. The first-order valence-electron chi connectivity index (χ1n) is 6.98. The highest BCUT2D eigenvalue weighted by Crippen LogP contribution is 2.22. The highest BCUT2D eigenvalue weighted by molar-refractivity contribution is 5.95. The molecule has 2 N–H and O–H groups in total. The molecule has 0 aliphatic carbocycles. The van der Waals surface area contributed by atoms with E-state index in [2.05, 4.69) is 10.6 Å². The van der Waals surface area contributed by atoms with Gasteiger partial charge in [-0.3, -0.25) is 14.9 Å². The number of nitrogens with one attached hydrogen (secondary N) is 2. The number of hydrogen-bond acceptors (Lipinski definition) is 6. The van der Waals surface area contributed by atoms with E-state index in [9.17, 15) is 14.4 Å². The summed E-state index contributed by atoms with van der Waals surface area (Å²) in [5.74, 6) is 0.616. The zero-order chi connectivity index (χ0) is 17.4. The van der Waals surface area contributed by atoms with E-state index < -0.39 is 18.5 Å². The van der Waals surface area contributed by atoms with Crippen molar-refractivity contribution >= 4 is 18.2 Å². The lowest BCUT2D eigenvalue weighted by molar-refractivity contribution is -0.122. The Morgan fingerprint density at radius 2 is 2.12 bits per heavy atom. The van der Waals surface area contributed by atoms with Crippen LogP contribution in [0.4, 0.5) is 4.79 Å². The number of urea groups is 1. The smallest absolute Gasteiger partial charge is 0.321 e. The minimum absolute atomic E-state index is 0.154. The van der Waals surface area contributed by atoms with Gasteiger partial charge < -0.3 is 19.2 Å². The number of carbonyl (C=O) groups is 3. The van der Waals surface area contributed by atoms with Gasteiger partial charge in [0.1, 0.15) is 17.3 Å². The quantitative estimate of drug-likeness (QED) is 0.744. The molecule has 0 saturated carbocycles. The van der Waals surface area contributed by atoms with Crippen LogP contribution in [0.5, 0.6) is 11.5 Å². The molecule has 0 bridgehead atoms. The largest absolute Gasteiger partial charge is 0.497 e. The molecule has 0 spiro atoms. The first kappa shape index (κ1) is 17.1. The van der Waals surface area contributed by atoms with E-state index in [0.29, 0.717) is 17.8 Å². The molecule has 2 rings (SSSR count). The van der Waals surface area contributed by atoms with Gasteiger partial charge in [-0.1, -0.05) is 0 Å². The van der Waals surface area contributed by atoms with Gasteiger partial charge in [-0.2, -0.15) is 0 Å². The molecule has 0 saturated heterocycles. The van der Waals surface area contributed by atoms with E-state index in [0.717, 1.165) is 0 Å². The first-order chi connectivity index (χ1) is 11.6. The Balaban J connectivity index is 1.80. The fraction of sp³-hybridized carbons (Fsp3) is 0.188. The third-order valence-corrected chi connectivity index (χ3v) is 2.96. The Bertz CT molecular complexity index is 711. The molecule has 126 valence electrons. The molecular weight excluding hydrogens is 316 g/mol.